The third-order valence-corrected chi connectivity index (χ3v) is 6.84. The molecule has 0 aliphatic heterocycles. The number of para-hydroxylation sites is 2. The number of nitrogens with zero attached hydrogens (tertiary/aromatic N) is 2. The summed E-state index contributed by atoms with van der Waals surface area (Å²) in [6, 6.07) is 18.1. The average Bonchev–Trinajstić information content (AvgIpc) is 3.26. The zero-order chi connectivity index (χ0) is 24.1. The number of thioether (sulfide) groups is 1. The first-order valence-electron chi connectivity index (χ1n) is 9.95. The van der Waals surface area contributed by atoms with E-state index >= 15 is 0 Å². The van der Waals surface area contributed by atoms with Crippen molar-refractivity contribution in [3.8, 4) is 5.75 Å². The Morgan fingerprint density at radius 1 is 1.09 bits per heavy atom. The maximum atomic E-state index is 12.5. The van der Waals surface area contributed by atoms with Gasteiger partial charge in [0.2, 0.25) is 5.91 Å². The predicted molar refractivity (Wildman–Crippen MR) is 133 cm³/mol. The largest absolute Gasteiger partial charge is 0.495 e. The molecule has 4 rings (SSSR count). The smallest absolute Gasteiger partial charge is 0.270 e. The molecule has 11 heteroatoms. The van der Waals surface area contributed by atoms with E-state index in [1.807, 2.05) is 6.07 Å². The lowest BCUT2D eigenvalue weighted by atomic mass is 10.2. The molecule has 0 radical (unpaired) electrons. The highest BCUT2D eigenvalue weighted by Gasteiger charge is 2.13. The SMILES string of the molecule is COc1ccccc1NC(=O)c1ccc(NC(=O)CSc2nc3ccc([N+](=O)[O-])cc3s2)cc1. The lowest BCUT2D eigenvalue weighted by Gasteiger charge is -2.10. The number of non-ortho nitro benzene ring substituents is 1. The monoisotopic (exact) mass is 494 g/mol. The third-order valence-electron chi connectivity index (χ3n) is 4.68. The number of nitrogens with one attached hydrogen (secondary N) is 2. The second-order valence-corrected chi connectivity index (χ2v) is 9.21. The van der Waals surface area contributed by atoms with Gasteiger partial charge in [-0.3, -0.25) is 19.7 Å². The number of aromatic nitrogens is 1. The van der Waals surface area contributed by atoms with Gasteiger partial charge in [0.15, 0.2) is 4.34 Å². The standard InChI is InChI=1S/C23H18N4O5S2/c1-32-19-5-3-2-4-17(19)25-22(29)14-6-8-15(9-7-14)24-21(28)13-33-23-26-18-11-10-16(27(30)31)12-20(18)34-23/h2-12H,13H2,1H3,(H,24,28)(H,25,29). The number of nitro groups is 1. The molecule has 0 fully saturated rings. The van der Waals surface area contributed by atoms with Crippen LogP contribution in [0.4, 0.5) is 17.1 Å². The lowest BCUT2D eigenvalue weighted by Crippen LogP contribution is -2.15. The summed E-state index contributed by atoms with van der Waals surface area (Å²) in [5.41, 5.74) is 2.21. The summed E-state index contributed by atoms with van der Waals surface area (Å²) in [6.45, 7) is 0. The van der Waals surface area contributed by atoms with Gasteiger partial charge in [-0.15, -0.1) is 11.3 Å². The van der Waals surface area contributed by atoms with Crippen molar-refractivity contribution >= 4 is 62.2 Å². The van der Waals surface area contributed by atoms with E-state index in [9.17, 15) is 19.7 Å². The van der Waals surface area contributed by atoms with Crippen LogP contribution in [-0.2, 0) is 4.79 Å². The molecule has 3 aromatic carbocycles. The van der Waals surface area contributed by atoms with Gasteiger partial charge >= 0.3 is 0 Å². The fourth-order valence-electron chi connectivity index (χ4n) is 3.04. The Balaban J connectivity index is 1.32. The van der Waals surface area contributed by atoms with Crippen LogP contribution in [0, 0.1) is 10.1 Å². The predicted octanol–water partition coefficient (Wildman–Crippen LogP) is 5.20. The van der Waals surface area contributed by atoms with Crippen LogP contribution >= 0.6 is 23.1 Å². The zero-order valence-electron chi connectivity index (χ0n) is 17.8. The fourth-order valence-corrected chi connectivity index (χ4v) is 4.94. The molecule has 1 aromatic heterocycles. The molecule has 9 nitrogen and oxygen atoms in total. The molecule has 0 unspecified atom stereocenters. The van der Waals surface area contributed by atoms with Gasteiger partial charge in [0.25, 0.3) is 11.6 Å². The van der Waals surface area contributed by atoms with Crippen LogP contribution in [0.3, 0.4) is 0 Å². The minimum absolute atomic E-state index is 0.00507. The van der Waals surface area contributed by atoms with Crippen molar-refractivity contribution in [2.45, 2.75) is 4.34 Å². The number of hydrogen-bond donors (Lipinski definition) is 2. The summed E-state index contributed by atoms with van der Waals surface area (Å²) in [7, 11) is 1.53. The molecule has 172 valence electrons. The number of carbonyl (C=O) groups excluding carboxylic acids is 2. The van der Waals surface area contributed by atoms with Crippen LogP contribution in [0.1, 0.15) is 10.4 Å². The summed E-state index contributed by atoms with van der Waals surface area (Å²) in [5.74, 6) is 0.150. The molecule has 0 saturated heterocycles. The van der Waals surface area contributed by atoms with Crippen LogP contribution in [0.5, 0.6) is 5.75 Å². The minimum atomic E-state index is -0.452. The minimum Gasteiger partial charge on any atom is -0.495 e. The molecule has 2 amide bonds. The Kier molecular flexibility index (Phi) is 7.04. The van der Waals surface area contributed by atoms with Gasteiger partial charge in [-0.1, -0.05) is 23.9 Å². The number of thiazole rings is 1. The number of amides is 2. The molecule has 4 aromatic rings. The molecular weight excluding hydrogens is 476 g/mol. The zero-order valence-corrected chi connectivity index (χ0v) is 19.4. The number of methoxy groups -OCH3 is 1. The Hall–Kier alpha value is -3.96. The molecule has 0 spiro atoms. The quantitative estimate of drug-likeness (QED) is 0.196. The second-order valence-electron chi connectivity index (χ2n) is 6.96. The summed E-state index contributed by atoms with van der Waals surface area (Å²) >= 11 is 2.55. The van der Waals surface area contributed by atoms with Crippen LogP contribution in [0.2, 0.25) is 0 Å². The van der Waals surface area contributed by atoms with Crippen molar-refractivity contribution in [3.05, 3.63) is 82.4 Å². The fraction of sp³-hybridized carbons (Fsp3) is 0.0870. The molecule has 2 N–H and O–H groups in total. The summed E-state index contributed by atoms with van der Waals surface area (Å²) in [4.78, 5) is 39.7. The van der Waals surface area contributed by atoms with E-state index in [0.29, 0.717) is 37.2 Å². The highest BCUT2D eigenvalue weighted by molar-refractivity contribution is 8.01. The van der Waals surface area contributed by atoms with Crippen LogP contribution in [0.15, 0.2) is 71.1 Å². The summed E-state index contributed by atoms with van der Waals surface area (Å²) in [5, 5.41) is 16.5. The van der Waals surface area contributed by atoms with Gasteiger partial charge in [0, 0.05) is 23.4 Å². The van der Waals surface area contributed by atoms with Gasteiger partial charge in [0.1, 0.15) is 5.75 Å². The van der Waals surface area contributed by atoms with Gasteiger partial charge < -0.3 is 15.4 Å². The lowest BCUT2D eigenvalue weighted by molar-refractivity contribution is -0.384. The van der Waals surface area contributed by atoms with Crippen LogP contribution < -0.4 is 15.4 Å². The van der Waals surface area contributed by atoms with Crippen LogP contribution in [-0.4, -0.2) is 34.6 Å². The number of rotatable bonds is 8. The van der Waals surface area contributed by atoms with Gasteiger partial charge in [-0.05, 0) is 42.5 Å². The second kappa shape index (κ2) is 10.3. The van der Waals surface area contributed by atoms with E-state index in [1.165, 1.54) is 42.3 Å². The van der Waals surface area contributed by atoms with E-state index in [1.54, 1.807) is 48.5 Å². The molecular formula is C23H18N4O5S2. The first-order chi connectivity index (χ1) is 16.4. The van der Waals surface area contributed by atoms with E-state index in [0.717, 1.165) is 0 Å². The van der Waals surface area contributed by atoms with E-state index < -0.39 is 4.92 Å². The van der Waals surface area contributed by atoms with Crippen molar-refractivity contribution in [2.75, 3.05) is 23.5 Å². The number of fused-ring (bicyclic) bond motifs is 1. The Morgan fingerprint density at radius 3 is 2.59 bits per heavy atom. The van der Waals surface area contributed by atoms with Crippen LogP contribution in [0.25, 0.3) is 10.2 Å². The first-order valence-corrected chi connectivity index (χ1v) is 11.8. The van der Waals surface area contributed by atoms with Crippen molar-refractivity contribution in [3.63, 3.8) is 0 Å². The van der Waals surface area contributed by atoms with Crippen molar-refractivity contribution < 1.29 is 19.2 Å². The van der Waals surface area contributed by atoms with Gasteiger partial charge in [-0.2, -0.15) is 0 Å². The molecule has 0 saturated carbocycles. The molecule has 0 bridgehead atoms. The highest BCUT2D eigenvalue weighted by atomic mass is 32.2. The van der Waals surface area contributed by atoms with Gasteiger partial charge in [0.05, 0.1) is 33.7 Å². The molecule has 0 aliphatic carbocycles. The summed E-state index contributed by atoms with van der Waals surface area (Å²) in [6.07, 6.45) is 0. The molecule has 0 atom stereocenters. The number of ether oxygens (including phenoxy) is 1. The summed E-state index contributed by atoms with van der Waals surface area (Å²) < 4.78 is 6.58. The highest BCUT2D eigenvalue weighted by Crippen LogP contribution is 2.32. The van der Waals surface area contributed by atoms with Crippen molar-refractivity contribution in [2.24, 2.45) is 0 Å². The van der Waals surface area contributed by atoms with E-state index in [4.69, 9.17) is 4.74 Å². The third kappa shape index (κ3) is 5.50. The maximum absolute atomic E-state index is 12.5. The number of anilines is 2. The Morgan fingerprint density at radius 2 is 1.85 bits per heavy atom. The number of benzene rings is 3. The molecule has 0 aliphatic rings. The average molecular weight is 495 g/mol. The van der Waals surface area contributed by atoms with E-state index in [-0.39, 0.29) is 23.3 Å². The Labute approximate surface area is 202 Å². The normalized spacial score (nSPS) is 10.6. The van der Waals surface area contributed by atoms with Crippen molar-refractivity contribution in [1.29, 1.82) is 0 Å². The maximum Gasteiger partial charge on any atom is 0.270 e. The number of nitro benzene ring substituents is 1. The van der Waals surface area contributed by atoms with E-state index in [2.05, 4.69) is 15.6 Å². The number of hydrogen-bond acceptors (Lipinski definition) is 8. The topological polar surface area (TPSA) is 123 Å². The Bertz CT molecular complexity index is 1370. The van der Waals surface area contributed by atoms with Crippen molar-refractivity contribution in [1.82, 2.24) is 4.98 Å². The van der Waals surface area contributed by atoms with Gasteiger partial charge in [-0.25, -0.2) is 4.98 Å². The molecule has 1 heterocycles. The number of carbonyl (C=O) groups is 2. The first kappa shape index (κ1) is 23.2. The molecule has 34 heavy (non-hydrogen) atoms.